The number of nitrogens with one attached hydrogen (secondary N) is 1. The number of oxazole rings is 1. The molecule has 1 fully saturated rings. The predicted molar refractivity (Wildman–Crippen MR) is 102 cm³/mol. The lowest BCUT2D eigenvalue weighted by Gasteiger charge is -2.06. The van der Waals surface area contributed by atoms with Gasteiger partial charge in [0.2, 0.25) is 5.89 Å². The minimum Gasteiger partial charge on any atom is -0.439 e. The highest BCUT2D eigenvalue weighted by molar-refractivity contribution is 6.06. The molecule has 7 nitrogen and oxygen atoms in total. The molecule has 3 aromatic heterocycles. The van der Waals surface area contributed by atoms with Gasteiger partial charge in [-0.3, -0.25) is 4.79 Å². The van der Waals surface area contributed by atoms with Crippen molar-refractivity contribution >= 4 is 17.0 Å². The number of benzene rings is 1. The van der Waals surface area contributed by atoms with Crippen LogP contribution in [0, 0.1) is 6.92 Å². The van der Waals surface area contributed by atoms with Crippen molar-refractivity contribution in [2.75, 3.05) is 0 Å². The van der Waals surface area contributed by atoms with Crippen LogP contribution in [0.15, 0.2) is 51.5 Å². The largest absolute Gasteiger partial charge is 0.439 e. The van der Waals surface area contributed by atoms with E-state index in [1.54, 1.807) is 13.1 Å². The topological polar surface area (TPSA) is 94.0 Å². The number of hydrogen-bond donors (Lipinski definition) is 1. The molecule has 1 aromatic carbocycles. The van der Waals surface area contributed by atoms with Crippen molar-refractivity contribution in [3.8, 4) is 11.3 Å². The lowest BCUT2D eigenvalue weighted by molar-refractivity contribution is 0.0948. The Balaban J connectivity index is 1.37. The molecule has 3 heterocycles. The Hall–Kier alpha value is -3.48. The molecule has 5 rings (SSSR count). The fourth-order valence-corrected chi connectivity index (χ4v) is 3.26. The van der Waals surface area contributed by atoms with Crippen LogP contribution in [-0.4, -0.2) is 21.0 Å². The molecule has 1 aliphatic rings. The predicted octanol–water partition coefficient (Wildman–Crippen LogP) is 3.99. The third-order valence-electron chi connectivity index (χ3n) is 4.89. The monoisotopic (exact) mass is 374 g/mol. The van der Waals surface area contributed by atoms with Crippen molar-refractivity contribution in [3.05, 3.63) is 65.4 Å². The van der Waals surface area contributed by atoms with Crippen molar-refractivity contribution in [1.29, 1.82) is 0 Å². The average molecular weight is 374 g/mol. The summed E-state index contributed by atoms with van der Waals surface area (Å²) in [6.45, 7) is 2.00. The zero-order valence-corrected chi connectivity index (χ0v) is 15.3. The van der Waals surface area contributed by atoms with Gasteiger partial charge in [-0.2, -0.15) is 0 Å². The molecule has 0 radical (unpaired) electrons. The van der Waals surface area contributed by atoms with Crippen LogP contribution < -0.4 is 5.32 Å². The standard InChI is InChI=1S/C21H18N4O3/c1-12-19-15(9-16(13-7-8-13)24-21(19)28-25-12)20(26)23-11-18-22-10-17(27-18)14-5-3-2-4-6-14/h2-6,9-10,13H,7-8,11H2,1H3,(H,23,26). The number of aryl methyl sites for hydroxylation is 1. The maximum absolute atomic E-state index is 12.9. The molecular formula is C21H18N4O3. The smallest absolute Gasteiger partial charge is 0.259 e. The summed E-state index contributed by atoms with van der Waals surface area (Å²) >= 11 is 0. The zero-order valence-electron chi connectivity index (χ0n) is 15.3. The average Bonchev–Trinajstić information content (AvgIpc) is 3.36. The summed E-state index contributed by atoms with van der Waals surface area (Å²) in [6, 6.07) is 11.6. The second kappa shape index (κ2) is 6.60. The maximum atomic E-state index is 12.9. The van der Waals surface area contributed by atoms with E-state index in [9.17, 15) is 4.79 Å². The highest BCUT2D eigenvalue weighted by Gasteiger charge is 2.28. The Kier molecular flexibility index (Phi) is 3.93. The quantitative estimate of drug-likeness (QED) is 0.567. The number of carbonyl (C=O) groups is 1. The summed E-state index contributed by atoms with van der Waals surface area (Å²) in [6.07, 6.45) is 3.84. The number of pyridine rings is 1. The molecule has 28 heavy (non-hydrogen) atoms. The van der Waals surface area contributed by atoms with E-state index in [0.717, 1.165) is 24.1 Å². The maximum Gasteiger partial charge on any atom is 0.259 e. The van der Waals surface area contributed by atoms with Crippen LogP contribution in [0.1, 0.15) is 46.4 Å². The molecule has 0 aliphatic heterocycles. The normalized spacial score (nSPS) is 13.8. The van der Waals surface area contributed by atoms with Crippen LogP contribution in [0.3, 0.4) is 0 Å². The molecule has 1 N–H and O–H groups in total. The van der Waals surface area contributed by atoms with E-state index in [-0.39, 0.29) is 12.5 Å². The molecule has 0 saturated heterocycles. The first kappa shape index (κ1) is 16.7. The molecule has 7 heteroatoms. The van der Waals surface area contributed by atoms with Gasteiger partial charge >= 0.3 is 0 Å². The van der Waals surface area contributed by atoms with Crippen molar-refractivity contribution < 1.29 is 13.7 Å². The van der Waals surface area contributed by atoms with Gasteiger partial charge in [-0.15, -0.1) is 0 Å². The summed E-state index contributed by atoms with van der Waals surface area (Å²) in [7, 11) is 0. The Morgan fingerprint density at radius 1 is 1.25 bits per heavy atom. The van der Waals surface area contributed by atoms with Crippen LogP contribution in [0.2, 0.25) is 0 Å². The fraction of sp³-hybridized carbons (Fsp3) is 0.238. The number of amides is 1. The SMILES string of the molecule is Cc1noc2nc(C3CC3)cc(C(=O)NCc3ncc(-c4ccccc4)o3)c12. The Labute approximate surface area is 160 Å². The lowest BCUT2D eigenvalue weighted by Crippen LogP contribution is -2.23. The van der Waals surface area contributed by atoms with Gasteiger partial charge in [-0.1, -0.05) is 35.5 Å². The molecule has 0 bridgehead atoms. The molecule has 140 valence electrons. The van der Waals surface area contributed by atoms with Gasteiger partial charge in [-0.05, 0) is 25.8 Å². The van der Waals surface area contributed by atoms with Crippen LogP contribution in [0.5, 0.6) is 0 Å². The third-order valence-corrected chi connectivity index (χ3v) is 4.89. The van der Waals surface area contributed by atoms with Gasteiger partial charge < -0.3 is 14.3 Å². The Morgan fingerprint density at radius 3 is 2.86 bits per heavy atom. The molecule has 1 amide bonds. The molecular weight excluding hydrogens is 356 g/mol. The van der Waals surface area contributed by atoms with Gasteiger partial charge in [0.15, 0.2) is 5.76 Å². The summed E-state index contributed by atoms with van der Waals surface area (Å²) in [5.74, 6) is 1.30. The van der Waals surface area contributed by atoms with E-state index in [0.29, 0.717) is 39.9 Å². The van der Waals surface area contributed by atoms with Crippen LogP contribution in [0.4, 0.5) is 0 Å². The summed E-state index contributed by atoms with van der Waals surface area (Å²) in [5, 5.41) is 7.50. The first-order valence-electron chi connectivity index (χ1n) is 9.24. The fourth-order valence-electron chi connectivity index (χ4n) is 3.26. The number of rotatable bonds is 5. The van der Waals surface area contributed by atoms with Gasteiger partial charge in [0, 0.05) is 17.2 Å². The van der Waals surface area contributed by atoms with Crippen molar-refractivity contribution in [1.82, 2.24) is 20.4 Å². The third kappa shape index (κ3) is 3.05. The van der Waals surface area contributed by atoms with Gasteiger partial charge in [0.1, 0.15) is 0 Å². The molecule has 0 unspecified atom stereocenters. The number of hydrogen-bond acceptors (Lipinski definition) is 6. The van der Waals surface area contributed by atoms with Crippen LogP contribution in [-0.2, 0) is 6.54 Å². The van der Waals surface area contributed by atoms with E-state index >= 15 is 0 Å². The van der Waals surface area contributed by atoms with E-state index < -0.39 is 0 Å². The first-order valence-corrected chi connectivity index (χ1v) is 9.24. The molecule has 0 spiro atoms. The summed E-state index contributed by atoms with van der Waals surface area (Å²) < 4.78 is 11.1. The van der Waals surface area contributed by atoms with Crippen molar-refractivity contribution in [2.45, 2.75) is 32.2 Å². The van der Waals surface area contributed by atoms with Crippen LogP contribution >= 0.6 is 0 Å². The summed E-state index contributed by atoms with van der Waals surface area (Å²) in [4.78, 5) is 21.7. The number of nitrogens with zero attached hydrogens (tertiary/aromatic N) is 3. The Bertz CT molecular complexity index is 1160. The number of fused-ring (bicyclic) bond motifs is 1. The van der Waals surface area contributed by atoms with E-state index in [1.807, 2.05) is 36.4 Å². The lowest BCUT2D eigenvalue weighted by atomic mass is 10.1. The van der Waals surface area contributed by atoms with E-state index in [1.165, 1.54) is 0 Å². The second-order valence-corrected chi connectivity index (χ2v) is 6.98. The van der Waals surface area contributed by atoms with Gasteiger partial charge in [0.05, 0.1) is 29.4 Å². The van der Waals surface area contributed by atoms with E-state index in [2.05, 4.69) is 20.4 Å². The number of aromatic nitrogens is 3. The van der Waals surface area contributed by atoms with Crippen molar-refractivity contribution in [3.63, 3.8) is 0 Å². The molecule has 1 saturated carbocycles. The molecule has 0 atom stereocenters. The minimum atomic E-state index is -0.222. The van der Waals surface area contributed by atoms with Crippen molar-refractivity contribution in [2.24, 2.45) is 0 Å². The zero-order chi connectivity index (χ0) is 19.1. The first-order chi connectivity index (χ1) is 13.7. The highest BCUT2D eigenvalue weighted by atomic mass is 16.5. The highest BCUT2D eigenvalue weighted by Crippen LogP contribution is 2.40. The summed E-state index contributed by atoms with van der Waals surface area (Å²) in [5.41, 5.74) is 3.42. The van der Waals surface area contributed by atoms with E-state index in [4.69, 9.17) is 8.94 Å². The second-order valence-electron chi connectivity index (χ2n) is 6.98. The van der Waals surface area contributed by atoms with Crippen LogP contribution in [0.25, 0.3) is 22.4 Å². The number of carbonyl (C=O) groups excluding carboxylic acids is 1. The van der Waals surface area contributed by atoms with Gasteiger partial charge in [-0.25, -0.2) is 9.97 Å². The van der Waals surface area contributed by atoms with Gasteiger partial charge in [0.25, 0.3) is 11.6 Å². The Morgan fingerprint density at radius 2 is 2.07 bits per heavy atom. The minimum absolute atomic E-state index is 0.193. The molecule has 4 aromatic rings. The molecule has 1 aliphatic carbocycles.